The molecule has 0 saturated heterocycles. The van der Waals surface area contributed by atoms with Gasteiger partial charge in [-0.25, -0.2) is 0 Å². The summed E-state index contributed by atoms with van der Waals surface area (Å²) in [6.45, 7) is 5.08. The number of ketones is 1. The molecule has 0 unspecified atom stereocenters. The Balaban J connectivity index is 1.85. The van der Waals surface area contributed by atoms with Crippen LogP contribution < -0.4 is 14.2 Å². The van der Waals surface area contributed by atoms with Crippen LogP contribution in [0.2, 0.25) is 0 Å². The third kappa shape index (κ3) is 3.85. The van der Waals surface area contributed by atoms with Crippen molar-refractivity contribution >= 4 is 11.9 Å². The summed E-state index contributed by atoms with van der Waals surface area (Å²) < 4.78 is 16.9. The Morgan fingerprint density at radius 3 is 2.72 bits per heavy atom. The van der Waals surface area contributed by atoms with Crippen LogP contribution in [0.15, 0.2) is 48.0 Å². The standard InChI is InChI=1S/C21H22O4/c1-14(2)12-24-19-9-8-15(11-20(19)23-3)10-16-13-25-18-7-5-4-6-17(18)21(16)22/h4-11,14H,12-13H2,1-3H3/b16-10+. The van der Waals surface area contributed by atoms with E-state index in [9.17, 15) is 4.79 Å². The van der Waals surface area contributed by atoms with Crippen molar-refractivity contribution < 1.29 is 19.0 Å². The monoisotopic (exact) mass is 338 g/mol. The van der Waals surface area contributed by atoms with Gasteiger partial charge in [0.25, 0.3) is 0 Å². The molecular formula is C21H22O4. The maximum Gasteiger partial charge on any atom is 0.196 e. The zero-order valence-corrected chi connectivity index (χ0v) is 14.7. The number of hydrogen-bond acceptors (Lipinski definition) is 4. The predicted octanol–water partition coefficient (Wildman–Crippen LogP) is 4.39. The zero-order chi connectivity index (χ0) is 17.8. The van der Waals surface area contributed by atoms with Crippen LogP contribution in [0.1, 0.15) is 29.8 Å². The summed E-state index contributed by atoms with van der Waals surface area (Å²) in [6, 6.07) is 13.0. The molecule has 0 atom stereocenters. The van der Waals surface area contributed by atoms with Gasteiger partial charge >= 0.3 is 0 Å². The highest BCUT2D eigenvalue weighted by Gasteiger charge is 2.22. The maximum absolute atomic E-state index is 12.6. The lowest BCUT2D eigenvalue weighted by molar-refractivity contribution is 0.100. The first kappa shape index (κ1) is 17.1. The minimum atomic E-state index is 0.000881. The van der Waals surface area contributed by atoms with Crippen LogP contribution in [-0.4, -0.2) is 26.1 Å². The molecule has 1 aliphatic heterocycles. The first-order valence-electron chi connectivity index (χ1n) is 8.36. The van der Waals surface area contributed by atoms with Crippen LogP contribution in [0.5, 0.6) is 17.2 Å². The fraction of sp³-hybridized carbons (Fsp3) is 0.286. The number of ether oxygens (including phenoxy) is 3. The van der Waals surface area contributed by atoms with Gasteiger partial charge in [-0.15, -0.1) is 0 Å². The lowest BCUT2D eigenvalue weighted by Gasteiger charge is -2.18. The molecule has 0 N–H and O–H groups in total. The van der Waals surface area contributed by atoms with E-state index in [1.807, 2.05) is 42.5 Å². The van der Waals surface area contributed by atoms with E-state index in [1.165, 1.54) is 0 Å². The molecule has 0 aromatic heterocycles. The number of rotatable bonds is 5. The fourth-order valence-electron chi connectivity index (χ4n) is 2.63. The molecule has 4 heteroatoms. The normalized spacial score (nSPS) is 15.0. The SMILES string of the molecule is COc1cc(/C=C2\COc3ccccc3C2=O)ccc1OCC(C)C. The lowest BCUT2D eigenvalue weighted by atomic mass is 9.98. The van der Waals surface area contributed by atoms with Crippen molar-refractivity contribution in [3.05, 3.63) is 59.2 Å². The van der Waals surface area contributed by atoms with Gasteiger partial charge in [0, 0.05) is 5.57 Å². The van der Waals surface area contributed by atoms with Gasteiger partial charge < -0.3 is 14.2 Å². The highest BCUT2D eigenvalue weighted by molar-refractivity contribution is 6.14. The largest absolute Gasteiger partial charge is 0.493 e. The van der Waals surface area contributed by atoms with E-state index in [4.69, 9.17) is 14.2 Å². The van der Waals surface area contributed by atoms with Crippen molar-refractivity contribution in [3.63, 3.8) is 0 Å². The molecule has 0 radical (unpaired) electrons. The van der Waals surface area contributed by atoms with E-state index in [2.05, 4.69) is 13.8 Å². The van der Waals surface area contributed by atoms with E-state index < -0.39 is 0 Å². The molecule has 3 rings (SSSR count). The molecule has 130 valence electrons. The van der Waals surface area contributed by atoms with Gasteiger partial charge in [-0.3, -0.25) is 4.79 Å². The van der Waals surface area contributed by atoms with E-state index in [1.54, 1.807) is 13.2 Å². The lowest BCUT2D eigenvalue weighted by Crippen LogP contribution is -2.18. The Kier molecular flexibility index (Phi) is 5.08. The summed E-state index contributed by atoms with van der Waals surface area (Å²) in [6.07, 6.45) is 1.84. The first-order valence-corrected chi connectivity index (χ1v) is 8.36. The van der Waals surface area contributed by atoms with E-state index in [-0.39, 0.29) is 12.4 Å². The second-order valence-corrected chi connectivity index (χ2v) is 6.40. The van der Waals surface area contributed by atoms with Crippen molar-refractivity contribution in [1.82, 2.24) is 0 Å². The summed E-state index contributed by atoms with van der Waals surface area (Å²) in [5.41, 5.74) is 2.10. The number of hydrogen-bond donors (Lipinski definition) is 0. The second-order valence-electron chi connectivity index (χ2n) is 6.40. The number of methoxy groups -OCH3 is 1. The number of Topliss-reactive ketones (excluding diaryl/α,β-unsaturated/α-hetero) is 1. The third-order valence-corrected chi connectivity index (χ3v) is 3.91. The molecule has 0 aliphatic carbocycles. The van der Waals surface area contributed by atoms with Crippen LogP contribution in [0.4, 0.5) is 0 Å². The predicted molar refractivity (Wildman–Crippen MR) is 97.6 cm³/mol. The molecule has 1 heterocycles. The quantitative estimate of drug-likeness (QED) is 0.759. The van der Waals surface area contributed by atoms with Crippen molar-refractivity contribution in [2.75, 3.05) is 20.3 Å². The van der Waals surface area contributed by atoms with Gasteiger partial charge in [-0.1, -0.05) is 32.0 Å². The Morgan fingerprint density at radius 2 is 1.96 bits per heavy atom. The molecule has 4 nitrogen and oxygen atoms in total. The number of carbonyl (C=O) groups is 1. The molecule has 0 spiro atoms. The molecule has 1 aliphatic rings. The minimum absolute atomic E-state index is 0.000881. The van der Waals surface area contributed by atoms with Gasteiger partial charge in [-0.2, -0.15) is 0 Å². The van der Waals surface area contributed by atoms with Gasteiger partial charge in [0.05, 0.1) is 19.3 Å². The molecule has 0 bridgehead atoms. The van der Waals surface area contributed by atoms with E-state index >= 15 is 0 Å². The van der Waals surface area contributed by atoms with Crippen LogP contribution >= 0.6 is 0 Å². The van der Waals surface area contributed by atoms with Crippen LogP contribution in [0.25, 0.3) is 6.08 Å². The van der Waals surface area contributed by atoms with E-state index in [0.717, 1.165) is 5.56 Å². The number of benzene rings is 2. The summed E-state index contributed by atoms with van der Waals surface area (Å²) in [5, 5.41) is 0. The van der Waals surface area contributed by atoms with Crippen molar-refractivity contribution in [3.8, 4) is 17.2 Å². The van der Waals surface area contributed by atoms with Crippen LogP contribution in [0, 0.1) is 5.92 Å². The van der Waals surface area contributed by atoms with Crippen molar-refractivity contribution in [2.45, 2.75) is 13.8 Å². The molecule has 0 amide bonds. The van der Waals surface area contributed by atoms with Gasteiger partial charge in [-0.05, 0) is 41.8 Å². The van der Waals surface area contributed by atoms with E-state index in [0.29, 0.717) is 40.9 Å². The highest BCUT2D eigenvalue weighted by atomic mass is 16.5. The summed E-state index contributed by atoms with van der Waals surface area (Å²) in [7, 11) is 1.61. The fourth-order valence-corrected chi connectivity index (χ4v) is 2.63. The Labute approximate surface area is 148 Å². The number of fused-ring (bicyclic) bond motifs is 1. The average molecular weight is 338 g/mol. The first-order chi connectivity index (χ1) is 12.1. The van der Waals surface area contributed by atoms with Crippen LogP contribution in [-0.2, 0) is 0 Å². The Bertz CT molecular complexity index is 805. The van der Waals surface area contributed by atoms with Gasteiger partial charge in [0.2, 0.25) is 0 Å². The Morgan fingerprint density at radius 1 is 1.16 bits per heavy atom. The second kappa shape index (κ2) is 7.43. The van der Waals surface area contributed by atoms with Gasteiger partial charge in [0.1, 0.15) is 12.4 Å². The molecule has 0 saturated carbocycles. The number of para-hydroxylation sites is 1. The summed E-state index contributed by atoms with van der Waals surface area (Å²) in [5.74, 6) is 2.43. The Hall–Kier alpha value is -2.75. The zero-order valence-electron chi connectivity index (χ0n) is 14.7. The molecule has 25 heavy (non-hydrogen) atoms. The molecule has 2 aromatic rings. The molecule has 2 aromatic carbocycles. The summed E-state index contributed by atoms with van der Waals surface area (Å²) in [4.78, 5) is 12.6. The third-order valence-electron chi connectivity index (χ3n) is 3.91. The van der Waals surface area contributed by atoms with Crippen LogP contribution in [0.3, 0.4) is 0 Å². The van der Waals surface area contributed by atoms with Gasteiger partial charge in [0.15, 0.2) is 17.3 Å². The number of carbonyl (C=O) groups excluding carboxylic acids is 1. The molecular weight excluding hydrogens is 316 g/mol. The molecule has 0 fully saturated rings. The summed E-state index contributed by atoms with van der Waals surface area (Å²) >= 11 is 0. The van der Waals surface area contributed by atoms with Crippen molar-refractivity contribution in [1.29, 1.82) is 0 Å². The topological polar surface area (TPSA) is 44.8 Å². The smallest absolute Gasteiger partial charge is 0.196 e. The maximum atomic E-state index is 12.6. The van der Waals surface area contributed by atoms with Crippen molar-refractivity contribution in [2.24, 2.45) is 5.92 Å². The highest BCUT2D eigenvalue weighted by Crippen LogP contribution is 2.31. The average Bonchev–Trinajstić information content (AvgIpc) is 2.63. The minimum Gasteiger partial charge on any atom is -0.493 e.